The highest BCUT2D eigenvalue weighted by Crippen LogP contribution is 2.50. The van der Waals surface area contributed by atoms with E-state index in [0.29, 0.717) is 12.8 Å². The Balaban J connectivity index is 3.10. The summed E-state index contributed by atoms with van der Waals surface area (Å²) in [4.78, 5) is 10.5. The summed E-state index contributed by atoms with van der Waals surface area (Å²) in [5, 5.41) is 8.63. The van der Waals surface area contributed by atoms with E-state index in [2.05, 4.69) is 4.18 Å². The molecule has 0 fully saturated rings. The van der Waals surface area contributed by atoms with E-state index in [0.717, 1.165) is 46.3 Å². The minimum Gasteiger partial charge on any atom is -0.490 e. The molecule has 1 aromatic carbocycles. The third-order valence-corrected chi connectivity index (χ3v) is 5.54. The fourth-order valence-corrected chi connectivity index (χ4v) is 4.15. The molecule has 33 heavy (non-hydrogen) atoms. The minimum atomic E-state index is -4.96. The molecule has 0 aliphatic rings. The van der Waals surface area contributed by atoms with Gasteiger partial charge in [0.1, 0.15) is 0 Å². The van der Waals surface area contributed by atoms with Crippen molar-refractivity contribution in [2.24, 2.45) is 0 Å². The molecule has 190 valence electrons. The van der Waals surface area contributed by atoms with Gasteiger partial charge in [-0.3, -0.25) is 13.9 Å². The van der Waals surface area contributed by atoms with Crippen LogP contribution in [0.5, 0.6) is 23.0 Å². The predicted octanol–water partition coefficient (Wildman–Crippen LogP) is 3.12. The smallest absolute Gasteiger partial charge is 0.446 e. The highest BCUT2D eigenvalue weighted by Gasteiger charge is 2.30. The van der Waals surface area contributed by atoms with Crippen LogP contribution in [0.1, 0.15) is 62.5 Å². The lowest BCUT2D eigenvalue weighted by Crippen LogP contribution is -2.14. The molecular weight excluding hydrogens is 484 g/mol. The van der Waals surface area contributed by atoms with Crippen LogP contribution in [0.2, 0.25) is 0 Å². The summed E-state index contributed by atoms with van der Waals surface area (Å²) in [6.07, 6.45) is 5.65. The van der Waals surface area contributed by atoms with Gasteiger partial charge in [-0.05, 0) is 26.2 Å². The quantitative estimate of drug-likeness (QED) is 0.217. The Bertz CT molecular complexity index is 1020. The van der Waals surface area contributed by atoms with Gasteiger partial charge in [-0.25, -0.2) is 0 Å². The fourth-order valence-electron chi connectivity index (χ4n) is 3.35. The summed E-state index contributed by atoms with van der Waals surface area (Å²) in [6.45, 7) is 1.41. The zero-order valence-corrected chi connectivity index (χ0v) is 20.3. The Hall–Kier alpha value is -2.29. The Labute approximate surface area is 193 Å². The van der Waals surface area contributed by atoms with E-state index in [1.165, 1.54) is 6.92 Å². The second-order valence-corrected chi connectivity index (χ2v) is 9.26. The number of hydrogen-bond donors (Lipinski definition) is 3. The molecule has 3 N–H and O–H groups in total. The first-order valence-corrected chi connectivity index (χ1v) is 12.9. The lowest BCUT2D eigenvalue weighted by atomic mass is 9.98. The van der Waals surface area contributed by atoms with Crippen LogP contribution in [-0.4, -0.2) is 51.2 Å². The molecule has 0 amide bonds. The number of carbonyl (C=O) groups is 1. The van der Waals surface area contributed by atoms with Gasteiger partial charge in [0.25, 0.3) is 0 Å². The number of benzene rings is 1. The van der Waals surface area contributed by atoms with Gasteiger partial charge in [0.15, 0.2) is 11.5 Å². The summed E-state index contributed by atoms with van der Waals surface area (Å²) in [5.74, 6) is -2.30. The van der Waals surface area contributed by atoms with Crippen molar-refractivity contribution in [2.75, 3.05) is 14.2 Å². The summed E-state index contributed by atoms with van der Waals surface area (Å²) in [6, 6.07) is 0. The van der Waals surface area contributed by atoms with E-state index in [1.807, 2.05) is 0 Å². The Morgan fingerprint density at radius 3 is 1.61 bits per heavy atom. The van der Waals surface area contributed by atoms with Crippen LogP contribution in [0.25, 0.3) is 0 Å². The third-order valence-electron chi connectivity index (χ3n) is 4.79. The van der Waals surface area contributed by atoms with Crippen molar-refractivity contribution < 1.29 is 53.7 Å². The van der Waals surface area contributed by atoms with E-state index < -0.39 is 32.5 Å². The molecule has 1 rings (SSSR count). The third kappa shape index (κ3) is 10.0. The maximum absolute atomic E-state index is 11.4. The van der Waals surface area contributed by atoms with Gasteiger partial charge in [-0.15, -0.1) is 0 Å². The standard InChI is InChI=1S/C19H30O12S2/c1-13-14(11-9-7-5-4-6-8-10-12-15(20)21)17(31-33(25,26)27)19(29-3)18(28-2)16(13)30-32(22,23)24/h4-12H2,1-3H3,(H,20,21)(H,22,23,24)(H,25,26,27). The lowest BCUT2D eigenvalue weighted by Gasteiger charge is -2.21. The van der Waals surface area contributed by atoms with E-state index in [9.17, 15) is 26.2 Å². The Kier molecular flexibility index (Phi) is 11.2. The minimum absolute atomic E-state index is 0.109. The first kappa shape index (κ1) is 28.7. The first-order chi connectivity index (χ1) is 15.3. The fraction of sp³-hybridized carbons (Fsp3) is 0.632. The molecule has 0 aliphatic heterocycles. The molecule has 0 atom stereocenters. The van der Waals surface area contributed by atoms with Crippen LogP contribution in [0.4, 0.5) is 0 Å². The van der Waals surface area contributed by atoms with Crippen molar-refractivity contribution in [3.8, 4) is 23.0 Å². The normalized spacial score (nSPS) is 11.8. The van der Waals surface area contributed by atoms with E-state index in [-0.39, 0.29) is 41.2 Å². The maximum Gasteiger partial charge on any atom is 0.446 e. The SMILES string of the molecule is COc1c(OS(=O)(=O)O)c(C)c(CCCCCCCCCC(=O)O)c(OS(=O)(=O)O)c1OC. The van der Waals surface area contributed by atoms with Gasteiger partial charge >= 0.3 is 26.8 Å². The molecular formula is C19H30O12S2. The second kappa shape index (κ2) is 12.8. The Morgan fingerprint density at radius 1 is 0.727 bits per heavy atom. The van der Waals surface area contributed by atoms with Crippen molar-refractivity contribution in [3.05, 3.63) is 11.1 Å². The predicted molar refractivity (Wildman–Crippen MR) is 117 cm³/mol. The van der Waals surface area contributed by atoms with Crippen LogP contribution >= 0.6 is 0 Å². The van der Waals surface area contributed by atoms with E-state index in [1.54, 1.807) is 0 Å². The molecule has 0 heterocycles. The number of rotatable bonds is 16. The van der Waals surface area contributed by atoms with Crippen LogP contribution in [0.3, 0.4) is 0 Å². The first-order valence-electron chi connectivity index (χ1n) is 10.1. The lowest BCUT2D eigenvalue weighted by molar-refractivity contribution is -0.137. The zero-order valence-electron chi connectivity index (χ0n) is 18.7. The molecule has 0 radical (unpaired) electrons. The van der Waals surface area contributed by atoms with Gasteiger partial charge in [0, 0.05) is 17.5 Å². The summed E-state index contributed by atoms with van der Waals surface area (Å²) in [7, 11) is -7.62. The molecule has 1 aromatic rings. The number of carboxylic acids is 1. The molecule has 12 nitrogen and oxygen atoms in total. The largest absolute Gasteiger partial charge is 0.490 e. The zero-order chi connectivity index (χ0) is 25.2. The monoisotopic (exact) mass is 514 g/mol. The van der Waals surface area contributed by atoms with Crippen molar-refractivity contribution in [2.45, 2.75) is 64.7 Å². The number of methoxy groups -OCH3 is 2. The van der Waals surface area contributed by atoms with Crippen molar-refractivity contribution >= 4 is 26.8 Å². The van der Waals surface area contributed by atoms with Gasteiger partial charge in [-0.2, -0.15) is 16.8 Å². The molecule has 0 unspecified atom stereocenters. The summed E-state index contributed by atoms with van der Waals surface area (Å²) < 4.78 is 83.4. The van der Waals surface area contributed by atoms with Crippen molar-refractivity contribution in [1.29, 1.82) is 0 Å². The summed E-state index contributed by atoms with van der Waals surface area (Å²) in [5.41, 5.74) is 0.294. The van der Waals surface area contributed by atoms with Crippen molar-refractivity contribution in [3.63, 3.8) is 0 Å². The van der Waals surface area contributed by atoms with Crippen LogP contribution in [-0.2, 0) is 32.0 Å². The van der Waals surface area contributed by atoms with Crippen LogP contribution < -0.4 is 17.8 Å². The van der Waals surface area contributed by atoms with E-state index in [4.69, 9.17) is 23.3 Å². The Morgan fingerprint density at radius 2 is 1.15 bits per heavy atom. The van der Waals surface area contributed by atoms with Gasteiger partial charge in [0.2, 0.25) is 11.5 Å². The molecule has 0 saturated heterocycles. The second-order valence-electron chi connectivity index (χ2n) is 7.22. The van der Waals surface area contributed by atoms with Gasteiger partial charge in [0.05, 0.1) is 14.2 Å². The molecule has 0 saturated carbocycles. The topological polar surface area (TPSA) is 183 Å². The van der Waals surface area contributed by atoms with Gasteiger partial charge in [-0.1, -0.05) is 32.1 Å². The average molecular weight is 515 g/mol. The molecule has 14 heteroatoms. The highest BCUT2D eigenvalue weighted by atomic mass is 32.3. The average Bonchev–Trinajstić information content (AvgIpc) is 2.68. The number of carboxylic acid groups (broad SMARTS) is 1. The maximum atomic E-state index is 11.4. The molecule has 0 spiro atoms. The summed E-state index contributed by atoms with van der Waals surface area (Å²) >= 11 is 0. The van der Waals surface area contributed by atoms with Crippen LogP contribution in [0.15, 0.2) is 0 Å². The number of hydrogen-bond acceptors (Lipinski definition) is 9. The number of ether oxygens (including phenoxy) is 2. The van der Waals surface area contributed by atoms with Crippen molar-refractivity contribution in [1.82, 2.24) is 0 Å². The van der Waals surface area contributed by atoms with Crippen LogP contribution in [0, 0.1) is 6.92 Å². The molecule has 0 bridgehead atoms. The molecule has 0 aromatic heterocycles. The molecule has 0 aliphatic carbocycles. The highest BCUT2D eigenvalue weighted by molar-refractivity contribution is 7.81. The number of unbranched alkanes of at least 4 members (excludes halogenated alkanes) is 6. The number of aliphatic carboxylic acids is 1. The van der Waals surface area contributed by atoms with Gasteiger partial charge < -0.3 is 22.9 Å². The van der Waals surface area contributed by atoms with E-state index >= 15 is 0 Å².